The molecule has 0 unspecified atom stereocenters. The Labute approximate surface area is 223 Å². The number of fused-ring (bicyclic) bond motifs is 3. The van der Waals surface area contributed by atoms with Crippen LogP contribution in [-0.2, 0) is 11.2 Å². The average Bonchev–Trinajstić information content (AvgIpc) is 3.30. The van der Waals surface area contributed by atoms with Gasteiger partial charge >= 0.3 is 5.63 Å². The molecule has 6 nitrogen and oxygen atoms in total. The standard InChI is InChI=1S/C30H30BrNO5/c1-18-22(9-10-28(33)32-13-12-30(35)11-3-2-4-20(30)16-32)29(34)37-27-15-26-24(14-23(18)27)25(17-36-26)19-5-7-21(31)8-6-19/h5-8,14-15,17,20,35H,2-4,9-13,16H2,1H3/t20-,30+/m0/s1. The van der Waals surface area contributed by atoms with Gasteiger partial charge in [-0.1, -0.05) is 40.9 Å². The van der Waals surface area contributed by atoms with Crippen molar-refractivity contribution in [1.82, 2.24) is 4.90 Å². The Morgan fingerprint density at radius 2 is 1.95 bits per heavy atom. The molecule has 192 valence electrons. The molecular weight excluding hydrogens is 534 g/mol. The molecule has 0 radical (unpaired) electrons. The Morgan fingerprint density at radius 1 is 1.14 bits per heavy atom. The van der Waals surface area contributed by atoms with Crippen LogP contribution in [0, 0.1) is 12.8 Å². The first kappa shape index (κ1) is 24.4. The van der Waals surface area contributed by atoms with Gasteiger partial charge in [0, 0.05) is 57.9 Å². The van der Waals surface area contributed by atoms with E-state index in [1.165, 1.54) is 0 Å². The van der Waals surface area contributed by atoms with Crippen molar-refractivity contribution in [2.75, 3.05) is 13.1 Å². The highest BCUT2D eigenvalue weighted by Crippen LogP contribution is 2.40. The fourth-order valence-electron chi connectivity index (χ4n) is 6.24. The molecule has 4 aromatic rings. The minimum atomic E-state index is -0.613. The molecule has 2 aromatic heterocycles. The van der Waals surface area contributed by atoms with E-state index in [1.54, 1.807) is 12.3 Å². The van der Waals surface area contributed by atoms with E-state index in [-0.39, 0.29) is 18.2 Å². The normalized spacial score (nSPS) is 21.9. The van der Waals surface area contributed by atoms with Gasteiger partial charge in [-0.15, -0.1) is 0 Å². The number of aryl methyl sites for hydroxylation is 1. The highest BCUT2D eigenvalue weighted by molar-refractivity contribution is 9.10. The molecule has 7 heteroatoms. The first-order valence-corrected chi connectivity index (χ1v) is 13.9. The summed E-state index contributed by atoms with van der Waals surface area (Å²) in [6.07, 6.45) is 6.93. The third-order valence-electron chi connectivity index (χ3n) is 8.51. The number of benzene rings is 2. The number of carbonyl (C=O) groups is 1. The zero-order chi connectivity index (χ0) is 25.7. The maximum absolute atomic E-state index is 13.1. The van der Waals surface area contributed by atoms with Crippen LogP contribution in [0.2, 0.25) is 0 Å². The predicted octanol–water partition coefficient (Wildman–Crippen LogP) is 6.36. The van der Waals surface area contributed by atoms with Gasteiger partial charge in [0.05, 0.1) is 11.9 Å². The number of piperidine rings is 1. The number of aliphatic hydroxyl groups is 1. The lowest BCUT2D eigenvalue weighted by atomic mass is 9.71. The van der Waals surface area contributed by atoms with Crippen LogP contribution in [0.5, 0.6) is 0 Å². The molecule has 3 heterocycles. The second kappa shape index (κ2) is 9.44. The summed E-state index contributed by atoms with van der Waals surface area (Å²) in [6, 6.07) is 11.8. The first-order valence-electron chi connectivity index (χ1n) is 13.1. The number of carbonyl (C=O) groups excluding carboxylic acids is 1. The number of hydrogen-bond acceptors (Lipinski definition) is 5. The summed E-state index contributed by atoms with van der Waals surface area (Å²) < 4.78 is 12.5. The molecule has 0 bridgehead atoms. The molecule has 2 aromatic carbocycles. The van der Waals surface area contributed by atoms with Crippen molar-refractivity contribution in [2.24, 2.45) is 5.92 Å². The van der Waals surface area contributed by atoms with Gasteiger partial charge in [0.1, 0.15) is 11.2 Å². The monoisotopic (exact) mass is 563 g/mol. The number of nitrogens with zero attached hydrogens (tertiary/aromatic N) is 1. The zero-order valence-corrected chi connectivity index (χ0v) is 22.5. The van der Waals surface area contributed by atoms with E-state index in [0.29, 0.717) is 42.7 Å². The van der Waals surface area contributed by atoms with Gasteiger partial charge in [-0.2, -0.15) is 0 Å². The fraction of sp³-hybridized carbons (Fsp3) is 0.400. The SMILES string of the molecule is Cc1c(CCC(=O)N2CC[C@]3(O)CCCC[C@H]3C2)c(=O)oc2cc3occ(-c4ccc(Br)cc4)c3cc12. The summed E-state index contributed by atoms with van der Waals surface area (Å²) in [5.41, 5.74) is 3.51. The molecular formula is C30H30BrNO5. The highest BCUT2D eigenvalue weighted by atomic mass is 79.9. The Balaban J connectivity index is 1.26. The fourth-order valence-corrected chi connectivity index (χ4v) is 6.50. The summed E-state index contributed by atoms with van der Waals surface area (Å²) in [6.45, 7) is 3.11. The number of likely N-dealkylation sites (tertiary alicyclic amines) is 1. The van der Waals surface area contributed by atoms with Crippen LogP contribution in [0.4, 0.5) is 0 Å². The lowest BCUT2D eigenvalue weighted by Gasteiger charge is -2.47. The van der Waals surface area contributed by atoms with E-state index in [0.717, 1.165) is 57.6 Å². The Morgan fingerprint density at radius 3 is 2.76 bits per heavy atom. The maximum atomic E-state index is 13.1. The molecule has 1 aliphatic carbocycles. The first-order chi connectivity index (χ1) is 17.8. The number of rotatable bonds is 4. The lowest BCUT2D eigenvalue weighted by Crippen LogP contribution is -2.54. The van der Waals surface area contributed by atoms with Crippen LogP contribution >= 0.6 is 15.9 Å². The van der Waals surface area contributed by atoms with E-state index in [9.17, 15) is 14.7 Å². The van der Waals surface area contributed by atoms with Crippen molar-refractivity contribution in [3.8, 4) is 11.1 Å². The molecule has 2 aliphatic rings. The second-order valence-corrected chi connectivity index (χ2v) is 11.5. The van der Waals surface area contributed by atoms with Crippen LogP contribution in [0.15, 0.2) is 60.8 Å². The molecule has 37 heavy (non-hydrogen) atoms. The Kier molecular flexibility index (Phi) is 6.24. The van der Waals surface area contributed by atoms with Crippen LogP contribution in [0.1, 0.15) is 49.7 Å². The molecule has 1 aliphatic heterocycles. The Hall–Kier alpha value is -2.90. The predicted molar refractivity (Wildman–Crippen MR) is 147 cm³/mol. The van der Waals surface area contributed by atoms with Crippen LogP contribution < -0.4 is 5.63 Å². The van der Waals surface area contributed by atoms with Gasteiger partial charge in [-0.05, 0) is 61.9 Å². The van der Waals surface area contributed by atoms with E-state index in [4.69, 9.17) is 8.83 Å². The summed E-state index contributed by atoms with van der Waals surface area (Å²) in [5, 5.41) is 12.7. The number of halogens is 1. The minimum Gasteiger partial charge on any atom is -0.464 e. The van der Waals surface area contributed by atoms with Gasteiger partial charge in [-0.25, -0.2) is 4.79 Å². The summed E-state index contributed by atoms with van der Waals surface area (Å²) in [4.78, 5) is 27.9. The van der Waals surface area contributed by atoms with Gasteiger partial charge < -0.3 is 18.8 Å². The lowest BCUT2D eigenvalue weighted by molar-refractivity contribution is -0.143. The van der Waals surface area contributed by atoms with Crippen molar-refractivity contribution >= 4 is 43.8 Å². The molecule has 1 amide bonds. The molecule has 1 saturated heterocycles. The maximum Gasteiger partial charge on any atom is 0.339 e. The van der Waals surface area contributed by atoms with Crippen molar-refractivity contribution < 1.29 is 18.7 Å². The molecule has 1 saturated carbocycles. The van der Waals surface area contributed by atoms with Crippen molar-refractivity contribution in [2.45, 2.75) is 57.5 Å². The summed E-state index contributed by atoms with van der Waals surface area (Å²) in [7, 11) is 0. The van der Waals surface area contributed by atoms with Crippen molar-refractivity contribution in [3.05, 3.63) is 68.7 Å². The van der Waals surface area contributed by atoms with Crippen molar-refractivity contribution in [3.63, 3.8) is 0 Å². The number of hydrogen-bond donors (Lipinski definition) is 1. The highest BCUT2D eigenvalue weighted by Gasteiger charge is 2.43. The Bertz CT molecular complexity index is 1550. The summed E-state index contributed by atoms with van der Waals surface area (Å²) >= 11 is 3.48. The third-order valence-corrected chi connectivity index (χ3v) is 9.03. The topological polar surface area (TPSA) is 83.9 Å². The van der Waals surface area contributed by atoms with Gasteiger partial charge in [0.2, 0.25) is 5.91 Å². The minimum absolute atomic E-state index is 0.0364. The van der Waals surface area contributed by atoms with Crippen LogP contribution in [0.3, 0.4) is 0 Å². The van der Waals surface area contributed by atoms with Gasteiger partial charge in [-0.3, -0.25) is 4.79 Å². The molecule has 0 spiro atoms. The van der Waals surface area contributed by atoms with E-state index in [2.05, 4.69) is 15.9 Å². The largest absolute Gasteiger partial charge is 0.464 e. The molecule has 6 rings (SSSR count). The molecule has 2 atom stereocenters. The zero-order valence-electron chi connectivity index (χ0n) is 20.9. The third kappa shape index (κ3) is 4.42. The van der Waals surface area contributed by atoms with E-state index >= 15 is 0 Å². The number of amides is 1. The molecule has 2 fully saturated rings. The smallest absolute Gasteiger partial charge is 0.339 e. The second-order valence-electron chi connectivity index (χ2n) is 10.6. The van der Waals surface area contributed by atoms with Crippen LogP contribution in [0.25, 0.3) is 33.1 Å². The van der Waals surface area contributed by atoms with Gasteiger partial charge in [0.15, 0.2) is 0 Å². The van der Waals surface area contributed by atoms with E-state index < -0.39 is 11.2 Å². The number of furan rings is 1. The van der Waals surface area contributed by atoms with Crippen LogP contribution in [-0.4, -0.2) is 34.6 Å². The quantitative estimate of drug-likeness (QED) is 0.292. The van der Waals surface area contributed by atoms with Gasteiger partial charge in [0.25, 0.3) is 0 Å². The molecule has 1 N–H and O–H groups in total. The summed E-state index contributed by atoms with van der Waals surface area (Å²) in [5.74, 6) is 0.193. The van der Waals surface area contributed by atoms with E-state index in [1.807, 2.05) is 42.2 Å². The average molecular weight is 564 g/mol. The van der Waals surface area contributed by atoms with Crippen molar-refractivity contribution in [1.29, 1.82) is 0 Å².